The van der Waals surface area contributed by atoms with Gasteiger partial charge >= 0.3 is 5.97 Å². The molecule has 0 aromatic heterocycles. The Bertz CT molecular complexity index is 701. The number of benzene rings is 1. The first kappa shape index (κ1) is 17.3. The predicted molar refractivity (Wildman–Crippen MR) is 87.3 cm³/mol. The fraction of sp³-hybridized carbons (Fsp3) is 0.400. The molecule has 0 unspecified atom stereocenters. The number of piperazine rings is 1. The first-order chi connectivity index (χ1) is 10.8. The number of carboxylic acid groups (broad SMARTS) is 1. The zero-order chi connectivity index (χ0) is 17.0. The molecule has 1 aliphatic rings. The number of aliphatic carboxylic acids is 1. The highest BCUT2D eigenvalue weighted by molar-refractivity contribution is 7.87. The van der Waals surface area contributed by atoms with Gasteiger partial charge in [-0.3, -0.25) is 4.79 Å². The van der Waals surface area contributed by atoms with Crippen molar-refractivity contribution in [2.45, 2.75) is 13.0 Å². The highest BCUT2D eigenvalue weighted by atomic mass is 32.2. The monoisotopic (exact) mass is 337 g/mol. The molecule has 1 fully saturated rings. The molecule has 2 rings (SSSR count). The summed E-state index contributed by atoms with van der Waals surface area (Å²) in [5, 5.41) is 8.81. The second-order valence-corrected chi connectivity index (χ2v) is 6.96. The average Bonchev–Trinajstić information content (AvgIpc) is 2.54. The van der Waals surface area contributed by atoms with Crippen LogP contribution in [0.4, 0.5) is 5.69 Å². The molecular formula is C15H19N3O4S. The van der Waals surface area contributed by atoms with Gasteiger partial charge in [0.25, 0.3) is 10.2 Å². The number of carbonyl (C=O) groups is 1. The Kier molecular flexibility index (Phi) is 5.26. The molecule has 124 valence electrons. The average molecular weight is 337 g/mol. The number of hydrogen-bond acceptors (Lipinski definition) is 4. The molecule has 0 spiro atoms. The molecule has 23 heavy (non-hydrogen) atoms. The van der Waals surface area contributed by atoms with E-state index in [0.717, 1.165) is 11.3 Å². The maximum absolute atomic E-state index is 12.1. The van der Waals surface area contributed by atoms with E-state index in [1.165, 1.54) is 11.2 Å². The van der Waals surface area contributed by atoms with Crippen molar-refractivity contribution in [1.82, 2.24) is 9.03 Å². The second kappa shape index (κ2) is 7.00. The normalized spacial score (nSPS) is 17.5. The van der Waals surface area contributed by atoms with Crippen molar-refractivity contribution in [1.29, 1.82) is 0 Å². The molecule has 0 aliphatic carbocycles. The number of anilines is 1. The van der Waals surface area contributed by atoms with Crippen molar-refractivity contribution in [3.05, 3.63) is 29.8 Å². The van der Waals surface area contributed by atoms with Crippen molar-refractivity contribution in [2.24, 2.45) is 0 Å². The molecule has 1 aromatic rings. The van der Waals surface area contributed by atoms with Gasteiger partial charge in [-0.2, -0.15) is 17.4 Å². The van der Waals surface area contributed by atoms with Gasteiger partial charge in [0.05, 0.1) is 0 Å². The number of rotatable bonds is 5. The largest absolute Gasteiger partial charge is 0.480 e. The Morgan fingerprint density at radius 3 is 2.30 bits per heavy atom. The first-order valence-electron chi connectivity index (χ1n) is 7.15. The molecule has 0 radical (unpaired) electrons. The molecule has 8 heteroatoms. The SMILES string of the molecule is C#Cc1ccc(N2CCN(S(=O)(=O)N[C@H](C)C(=O)O)CC2)cc1. The van der Waals surface area contributed by atoms with Gasteiger partial charge in [0.1, 0.15) is 6.04 Å². The smallest absolute Gasteiger partial charge is 0.321 e. The quantitative estimate of drug-likeness (QED) is 0.744. The standard InChI is InChI=1S/C15H19N3O4S/c1-3-13-4-6-14(7-5-13)17-8-10-18(11-9-17)23(21,22)16-12(2)15(19)20/h1,4-7,12,16H,8-11H2,2H3,(H,19,20)/t12-/m1/s1. The Hall–Kier alpha value is -2.08. The van der Waals surface area contributed by atoms with E-state index >= 15 is 0 Å². The van der Waals surface area contributed by atoms with Crippen molar-refractivity contribution >= 4 is 21.9 Å². The minimum Gasteiger partial charge on any atom is -0.480 e. The summed E-state index contributed by atoms with van der Waals surface area (Å²) in [5.74, 6) is 1.34. The molecule has 1 atom stereocenters. The summed E-state index contributed by atoms with van der Waals surface area (Å²) in [4.78, 5) is 12.8. The molecule has 0 amide bonds. The van der Waals surface area contributed by atoms with E-state index in [1.54, 1.807) is 0 Å². The first-order valence-corrected chi connectivity index (χ1v) is 8.59. The highest BCUT2D eigenvalue weighted by Gasteiger charge is 2.29. The lowest BCUT2D eigenvalue weighted by Crippen LogP contribution is -2.54. The minimum absolute atomic E-state index is 0.290. The summed E-state index contributed by atoms with van der Waals surface area (Å²) in [7, 11) is -3.79. The lowest BCUT2D eigenvalue weighted by molar-refractivity contribution is -0.138. The minimum atomic E-state index is -3.79. The van der Waals surface area contributed by atoms with Crippen LogP contribution in [0.25, 0.3) is 0 Å². The van der Waals surface area contributed by atoms with Crippen LogP contribution in [-0.4, -0.2) is 56.0 Å². The molecule has 0 bridgehead atoms. The molecule has 1 aromatic carbocycles. The third kappa shape index (κ3) is 4.22. The summed E-state index contributed by atoms with van der Waals surface area (Å²) in [5.41, 5.74) is 1.77. The third-order valence-corrected chi connectivity index (χ3v) is 5.37. The molecular weight excluding hydrogens is 318 g/mol. The van der Waals surface area contributed by atoms with Gasteiger partial charge in [-0.25, -0.2) is 0 Å². The van der Waals surface area contributed by atoms with Crippen molar-refractivity contribution in [2.75, 3.05) is 31.1 Å². The number of terminal acetylenes is 1. The summed E-state index contributed by atoms with van der Waals surface area (Å²) in [6.07, 6.45) is 5.32. The van der Waals surface area contributed by atoms with Crippen LogP contribution < -0.4 is 9.62 Å². The predicted octanol–water partition coefficient (Wildman–Crippen LogP) is 0.0974. The summed E-state index contributed by atoms with van der Waals surface area (Å²) >= 11 is 0. The van der Waals surface area contributed by atoms with Crippen LogP contribution in [0.3, 0.4) is 0 Å². The van der Waals surface area contributed by atoms with Crippen LogP contribution in [0.5, 0.6) is 0 Å². The van der Waals surface area contributed by atoms with Crippen LogP contribution >= 0.6 is 0 Å². The van der Waals surface area contributed by atoms with E-state index in [2.05, 4.69) is 15.5 Å². The molecule has 7 nitrogen and oxygen atoms in total. The third-order valence-electron chi connectivity index (χ3n) is 3.67. The summed E-state index contributed by atoms with van der Waals surface area (Å²) < 4.78 is 27.7. The Labute approximate surface area is 136 Å². The maximum Gasteiger partial charge on any atom is 0.321 e. The van der Waals surface area contributed by atoms with Gasteiger partial charge in [-0.05, 0) is 31.2 Å². The molecule has 2 N–H and O–H groups in total. The fourth-order valence-electron chi connectivity index (χ4n) is 2.30. The maximum atomic E-state index is 12.1. The summed E-state index contributed by atoms with van der Waals surface area (Å²) in [6.45, 7) is 2.93. The van der Waals surface area contributed by atoms with E-state index in [4.69, 9.17) is 11.5 Å². The number of hydrogen-bond donors (Lipinski definition) is 2. The highest BCUT2D eigenvalue weighted by Crippen LogP contribution is 2.18. The van der Waals surface area contributed by atoms with Gasteiger partial charge in [0.15, 0.2) is 0 Å². The van der Waals surface area contributed by atoms with Crippen molar-refractivity contribution < 1.29 is 18.3 Å². The van der Waals surface area contributed by atoms with Gasteiger partial charge < -0.3 is 10.0 Å². The molecule has 1 heterocycles. The van der Waals surface area contributed by atoms with E-state index in [9.17, 15) is 13.2 Å². The van der Waals surface area contributed by atoms with Gasteiger partial charge in [-0.15, -0.1) is 6.42 Å². The summed E-state index contributed by atoms with van der Waals surface area (Å²) in [6, 6.07) is 6.34. The molecule has 0 saturated carbocycles. The number of carboxylic acids is 1. The van der Waals surface area contributed by atoms with Crippen molar-refractivity contribution in [3.8, 4) is 12.3 Å². The zero-order valence-electron chi connectivity index (χ0n) is 12.8. The van der Waals surface area contributed by atoms with Crippen molar-refractivity contribution in [3.63, 3.8) is 0 Å². The van der Waals surface area contributed by atoms with E-state index in [1.807, 2.05) is 24.3 Å². The van der Waals surface area contributed by atoms with E-state index in [-0.39, 0.29) is 0 Å². The number of nitrogens with one attached hydrogen (secondary N) is 1. The van der Waals surface area contributed by atoms with Gasteiger partial charge in [0, 0.05) is 37.4 Å². The number of nitrogens with zero attached hydrogens (tertiary/aromatic N) is 2. The Morgan fingerprint density at radius 1 is 1.26 bits per heavy atom. The lowest BCUT2D eigenvalue weighted by Gasteiger charge is -2.35. The van der Waals surface area contributed by atoms with E-state index in [0.29, 0.717) is 26.2 Å². The zero-order valence-corrected chi connectivity index (χ0v) is 13.6. The van der Waals surface area contributed by atoms with Crippen LogP contribution in [0, 0.1) is 12.3 Å². The Morgan fingerprint density at radius 2 is 1.83 bits per heavy atom. The van der Waals surface area contributed by atoms with Crippen LogP contribution in [0.2, 0.25) is 0 Å². The second-order valence-electron chi connectivity index (χ2n) is 5.26. The van der Waals surface area contributed by atoms with E-state index < -0.39 is 22.2 Å². The van der Waals surface area contributed by atoms with Gasteiger partial charge in [-0.1, -0.05) is 5.92 Å². The lowest BCUT2D eigenvalue weighted by atomic mass is 10.2. The van der Waals surface area contributed by atoms with Crippen LogP contribution in [0.1, 0.15) is 12.5 Å². The molecule has 1 aliphatic heterocycles. The topological polar surface area (TPSA) is 90.0 Å². The Balaban J connectivity index is 1.97. The van der Waals surface area contributed by atoms with Gasteiger partial charge in [0.2, 0.25) is 0 Å². The molecule has 1 saturated heterocycles. The van der Waals surface area contributed by atoms with Crippen LogP contribution in [-0.2, 0) is 15.0 Å². The van der Waals surface area contributed by atoms with Crippen LogP contribution in [0.15, 0.2) is 24.3 Å². The fourth-order valence-corrected chi connectivity index (χ4v) is 3.64.